The number of amides is 2. The molecule has 4 aliphatic carbocycles. The van der Waals surface area contributed by atoms with E-state index in [-0.39, 0.29) is 30.3 Å². The Bertz CT molecular complexity index is 789. The zero-order valence-electron chi connectivity index (χ0n) is 17.9. The molecule has 4 bridgehead atoms. The number of carbonyl (C=O) groups excluding carboxylic acids is 3. The summed E-state index contributed by atoms with van der Waals surface area (Å²) in [5, 5.41) is 2.75. The third-order valence-corrected chi connectivity index (χ3v) is 7.29. The number of nitrogens with one attached hydrogen (secondary N) is 1. The molecule has 1 aromatic rings. The number of anilines is 1. The van der Waals surface area contributed by atoms with Crippen molar-refractivity contribution in [1.29, 1.82) is 0 Å². The molecule has 1 N–H and O–H groups in total. The molecule has 6 nitrogen and oxygen atoms in total. The number of benzene rings is 1. The van der Waals surface area contributed by atoms with E-state index < -0.39 is 0 Å². The summed E-state index contributed by atoms with van der Waals surface area (Å²) >= 11 is 0. The van der Waals surface area contributed by atoms with E-state index in [4.69, 9.17) is 4.74 Å². The summed E-state index contributed by atoms with van der Waals surface area (Å²) in [6.45, 7) is 4.85. The second-order valence-corrected chi connectivity index (χ2v) is 9.17. The summed E-state index contributed by atoms with van der Waals surface area (Å²) in [6, 6.07) is 6.88. The molecule has 0 saturated heterocycles. The fraction of sp³-hybridized carbons (Fsp3) is 0.625. The number of hydrogen-bond acceptors (Lipinski definition) is 4. The summed E-state index contributed by atoms with van der Waals surface area (Å²) in [5.74, 6) is 1.81. The molecule has 4 aliphatic rings. The van der Waals surface area contributed by atoms with Crippen LogP contribution in [-0.2, 0) is 14.3 Å². The van der Waals surface area contributed by atoms with Gasteiger partial charge in [-0.3, -0.25) is 14.4 Å². The van der Waals surface area contributed by atoms with Gasteiger partial charge >= 0.3 is 5.97 Å². The molecule has 162 valence electrons. The number of nitrogens with zero attached hydrogens (tertiary/aromatic N) is 1. The van der Waals surface area contributed by atoms with Crippen LogP contribution in [0.25, 0.3) is 0 Å². The Morgan fingerprint density at radius 1 is 1.00 bits per heavy atom. The van der Waals surface area contributed by atoms with Crippen molar-refractivity contribution in [2.45, 2.75) is 46.0 Å². The molecule has 30 heavy (non-hydrogen) atoms. The van der Waals surface area contributed by atoms with Gasteiger partial charge < -0.3 is 15.0 Å². The van der Waals surface area contributed by atoms with E-state index in [0.717, 1.165) is 37.5 Å². The SMILES string of the molecule is CCN(CC)C(=O)c1cccc(NC(=O)COC(=O)C2C3CC4CC(C3)CC2C4)c1. The highest BCUT2D eigenvalue weighted by Crippen LogP contribution is 2.56. The molecule has 4 saturated carbocycles. The van der Waals surface area contributed by atoms with Crippen LogP contribution in [0.15, 0.2) is 24.3 Å². The second kappa shape index (κ2) is 8.78. The Morgan fingerprint density at radius 2 is 1.63 bits per heavy atom. The van der Waals surface area contributed by atoms with Gasteiger partial charge in [-0.05, 0) is 87.8 Å². The molecule has 0 aromatic heterocycles. The van der Waals surface area contributed by atoms with Crippen LogP contribution in [0.2, 0.25) is 0 Å². The molecule has 0 heterocycles. The number of ether oxygens (including phenoxy) is 1. The van der Waals surface area contributed by atoms with Crippen LogP contribution >= 0.6 is 0 Å². The zero-order chi connectivity index (χ0) is 21.3. The predicted octanol–water partition coefficient (Wildman–Crippen LogP) is 3.72. The fourth-order valence-electron chi connectivity index (χ4n) is 6.16. The lowest BCUT2D eigenvalue weighted by Crippen LogP contribution is -2.48. The second-order valence-electron chi connectivity index (χ2n) is 9.17. The number of esters is 1. The smallest absolute Gasteiger partial charge is 0.310 e. The Hall–Kier alpha value is -2.37. The molecule has 0 aliphatic heterocycles. The average molecular weight is 413 g/mol. The molecule has 4 fully saturated rings. The van der Waals surface area contributed by atoms with Crippen molar-refractivity contribution in [2.24, 2.45) is 29.6 Å². The molecule has 1 aromatic carbocycles. The fourth-order valence-corrected chi connectivity index (χ4v) is 6.16. The van der Waals surface area contributed by atoms with Gasteiger partial charge in [-0.2, -0.15) is 0 Å². The molecular formula is C24H32N2O4. The molecule has 5 rings (SSSR count). The third kappa shape index (κ3) is 4.23. The van der Waals surface area contributed by atoms with Gasteiger partial charge in [0, 0.05) is 24.3 Å². The molecule has 0 atom stereocenters. The maximum atomic E-state index is 12.7. The van der Waals surface area contributed by atoms with Crippen LogP contribution < -0.4 is 5.32 Å². The first kappa shape index (κ1) is 20.9. The highest BCUT2D eigenvalue weighted by atomic mass is 16.5. The van der Waals surface area contributed by atoms with Gasteiger partial charge in [0.2, 0.25) is 0 Å². The largest absolute Gasteiger partial charge is 0.455 e. The van der Waals surface area contributed by atoms with Crippen molar-refractivity contribution < 1.29 is 19.1 Å². The van der Waals surface area contributed by atoms with Crippen LogP contribution in [0.4, 0.5) is 5.69 Å². The van der Waals surface area contributed by atoms with Crippen LogP contribution in [0.3, 0.4) is 0 Å². The van der Waals surface area contributed by atoms with Gasteiger partial charge in [0.15, 0.2) is 6.61 Å². The number of rotatable bonds is 7. The van der Waals surface area contributed by atoms with Crippen molar-refractivity contribution in [1.82, 2.24) is 4.90 Å². The van der Waals surface area contributed by atoms with Crippen LogP contribution in [0.1, 0.15) is 56.3 Å². The summed E-state index contributed by atoms with van der Waals surface area (Å²) in [5.41, 5.74) is 1.06. The Balaban J connectivity index is 1.30. The highest BCUT2D eigenvalue weighted by Gasteiger charge is 2.51. The Morgan fingerprint density at radius 3 is 2.23 bits per heavy atom. The average Bonchev–Trinajstić information content (AvgIpc) is 2.72. The van der Waals surface area contributed by atoms with Gasteiger partial charge in [0.05, 0.1) is 5.92 Å². The summed E-state index contributed by atoms with van der Waals surface area (Å²) in [6.07, 6.45) is 5.92. The van der Waals surface area contributed by atoms with Crippen molar-refractivity contribution in [3.63, 3.8) is 0 Å². The first-order valence-corrected chi connectivity index (χ1v) is 11.3. The molecule has 2 amide bonds. The molecular weight excluding hydrogens is 380 g/mol. The van der Waals surface area contributed by atoms with E-state index in [2.05, 4.69) is 5.32 Å². The number of hydrogen-bond donors (Lipinski definition) is 1. The molecule has 0 unspecified atom stereocenters. The quantitative estimate of drug-likeness (QED) is 0.693. The topological polar surface area (TPSA) is 75.7 Å². The Labute approximate surface area is 178 Å². The van der Waals surface area contributed by atoms with Crippen molar-refractivity contribution in [3.05, 3.63) is 29.8 Å². The summed E-state index contributed by atoms with van der Waals surface area (Å²) < 4.78 is 5.43. The third-order valence-electron chi connectivity index (χ3n) is 7.29. The minimum Gasteiger partial charge on any atom is -0.455 e. The highest BCUT2D eigenvalue weighted by molar-refractivity contribution is 5.97. The minimum atomic E-state index is -0.375. The van der Waals surface area contributed by atoms with E-state index in [1.165, 1.54) is 6.42 Å². The zero-order valence-corrected chi connectivity index (χ0v) is 17.9. The van der Waals surface area contributed by atoms with Gasteiger partial charge in [-0.25, -0.2) is 0 Å². The van der Waals surface area contributed by atoms with Crippen molar-refractivity contribution in [2.75, 3.05) is 25.0 Å². The first-order valence-electron chi connectivity index (χ1n) is 11.3. The maximum absolute atomic E-state index is 12.7. The summed E-state index contributed by atoms with van der Waals surface area (Å²) in [4.78, 5) is 39.3. The maximum Gasteiger partial charge on any atom is 0.310 e. The number of carbonyl (C=O) groups is 3. The minimum absolute atomic E-state index is 0.0272. The normalized spacial score (nSPS) is 28.8. The monoisotopic (exact) mass is 412 g/mol. The van der Waals surface area contributed by atoms with Crippen LogP contribution in [0, 0.1) is 29.6 Å². The van der Waals surface area contributed by atoms with E-state index in [9.17, 15) is 14.4 Å². The van der Waals surface area contributed by atoms with E-state index in [1.807, 2.05) is 13.8 Å². The molecule has 0 spiro atoms. The van der Waals surface area contributed by atoms with Crippen LogP contribution in [-0.4, -0.2) is 42.4 Å². The van der Waals surface area contributed by atoms with Gasteiger partial charge in [0.25, 0.3) is 11.8 Å². The van der Waals surface area contributed by atoms with Gasteiger partial charge in [-0.15, -0.1) is 0 Å². The van der Waals surface area contributed by atoms with Crippen molar-refractivity contribution in [3.8, 4) is 0 Å². The van der Waals surface area contributed by atoms with E-state index in [0.29, 0.717) is 36.2 Å². The summed E-state index contributed by atoms with van der Waals surface area (Å²) in [7, 11) is 0. The Kier molecular flexibility index (Phi) is 6.11. The molecule has 0 radical (unpaired) electrons. The van der Waals surface area contributed by atoms with E-state index >= 15 is 0 Å². The van der Waals surface area contributed by atoms with Crippen LogP contribution in [0.5, 0.6) is 0 Å². The lowest BCUT2D eigenvalue weighted by Gasteiger charge is -2.53. The van der Waals surface area contributed by atoms with Gasteiger partial charge in [0.1, 0.15) is 0 Å². The lowest BCUT2D eigenvalue weighted by molar-refractivity contribution is -0.164. The standard InChI is InChI=1S/C24H32N2O4/c1-3-26(4-2)23(28)17-6-5-7-20(13-17)25-21(27)14-30-24(29)22-18-9-15-8-16(11-18)12-19(22)10-15/h5-7,13,15-16,18-19,22H,3-4,8-12,14H2,1-2H3,(H,25,27). The molecule has 6 heteroatoms. The lowest BCUT2D eigenvalue weighted by atomic mass is 9.52. The van der Waals surface area contributed by atoms with Crippen molar-refractivity contribution >= 4 is 23.5 Å². The first-order chi connectivity index (χ1) is 14.5. The van der Waals surface area contributed by atoms with Gasteiger partial charge in [-0.1, -0.05) is 6.07 Å². The van der Waals surface area contributed by atoms with E-state index in [1.54, 1.807) is 29.2 Å². The predicted molar refractivity (Wildman–Crippen MR) is 114 cm³/mol.